The average molecular weight is 240 g/mol. The molecule has 0 bridgehead atoms. The average Bonchev–Trinajstić information content (AvgIpc) is 2.23. The molecular formula is C15H32N2. The van der Waals surface area contributed by atoms with Crippen LogP contribution in [0.15, 0.2) is 0 Å². The molecule has 0 amide bonds. The molecule has 1 aliphatic rings. The molecule has 0 aromatic carbocycles. The van der Waals surface area contributed by atoms with Crippen molar-refractivity contribution >= 4 is 0 Å². The van der Waals surface area contributed by atoms with Crippen molar-refractivity contribution in [2.45, 2.75) is 77.8 Å². The van der Waals surface area contributed by atoms with Gasteiger partial charge in [-0.05, 0) is 64.5 Å². The number of hydrogen-bond donors (Lipinski definition) is 1. The minimum Gasteiger partial charge on any atom is -0.328 e. The third kappa shape index (κ3) is 5.87. The van der Waals surface area contributed by atoms with Gasteiger partial charge in [-0.3, -0.25) is 0 Å². The van der Waals surface area contributed by atoms with E-state index >= 15 is 0 Å². The monoisotopic (exact) mass is 240 g/mol. The zero-order valence-corrected chi connectivity index (χ0v) is 12.3. The van der Waals surface area contributed by atoms with E-state index in [-0.39, 0.29) is 0 Å². The van der Waals surface area contributed by atoms with Crippen LogP contribution in [0, 0.1) is 5.41 Å². The highest BCUT2D eigenvalue weighted by Crippen LogP contribution is 2.36. The van der Waals surface area contributed by atoms with Gasteiger partial charge >= 0.3 is 0 Å². The predicted octanol–water partition coefficient (Wildman–Crippen LogP) is 3.40. The fraction of sp³-hybridized carbons (Fsp3) is 1.00. The Labute approximate surface area is 108 Å². The first-order chi connectivity index (χ1) is 7.91. The van der Waals surface area contributed by atoms with Gasteiger partial charge in [-0.15, -0.1) is 0 Å². The van der Waals surface area contributed by atoms with Gasteiger partial charge < -0.3 is 10.6 Å². The Balaban J connectivity index is 2.14. The summed E-state index contributed by atoms with van der Waals surface area (Å²) in [5.74, 6) is 0. The van der Waals surface area contributed by atoms with Crippen LogP contribution in [0.1, 0.15) is 65.7 Å². The maximum atomic E-state index is 5.77. The molecule has 102 valence electrons. The molecule has 2 heteroatoms. The van der Waals surface area contributed by atoms with Gasteiger partial charge in [0.05, 0.1) is 0 Å². The quantitative estimate of drug-likeness (QED) is 0.721. The molecule has 17 heavy (non-hydrogen) atoms. The molecular weight excluding hydrogens is 208 g/mol. The van der Waals surface area contributed by atoms with Gasteiger partial charge in [-0.2, -0.15) is 0 Å². The Morgan fingerprint density at radius 1 is 1.24 bits per heavy atom. The second kappa shape index (κ2) is 6.75. The van der Waals surface area contributed by atoms with Crippen molar-refractivity contribution in [3.8, 4) is 0 Å². The maximum Gasteiger partial charge on any atom is 0.00926 e. The highest BCUT2D eigenvalue weighted by Gasteiger charge is 2.28. The Morgan fingerprint density at radius 2 is 1.82 bits per heavy atom. The molecule has 1 unspecified atom stereocenters. The summed E-state index contributed by atoms with van der Waals surface area (Å²) in [5.41, 5.74) is 6.36. The van der Waals surface area contributed by atoms with Gasteiger partial charge in [0.25, 0.3) is 0 Å². The Bertz CT molecular complexity index is 201. The van der Waals surface area contributed by atoms with Crippen molar-refractivity contribution in [3.05, 3.63) is 0 Å². The topological polar surface area (TPSA) is 29.3 Å². The van der Waals surface area contributed by atoms with Crippen molar-refractivity contribution in [2.75, 3.05) is 13.6 Å². The minimum atomic E-state index is 0.371. The highest BCUT2D eigenvalue weighted by molar-refractivity contribution is 4.82. The molecule has 0 saturated heterocycles. The zero-order valence-electron chi connectivity index (χ0n) is 12.3. The molecule has 1 atom stereocenters. The van der Waals surface area contributed by atoms with E-state index < -0.39 is 0 Å². The standard InChI is InChI=1S/C15H32N2/c1-13(16)7-5-6-12-17(4)14-8-10-15(2,3)11-9-14/h13-14H,5-12,16H2,1-4H3. The van der Waals surface area contributed by atoms with E-state index in [0.29, 0.717) is 11.5 Å². The second-order valence-corrected chi connectivity index (χ2v) is 6.85. The Kier molecular flexibility index (Phi) is 5.94. The molecule has 2 nitrogen and oxygen atoms in total. The molecule has 1 saturated carbocycles. The van der Waals surface area contributed by atoms with E-state index in [1.807, 2.05) is 0 Å². The first-order valence-corrected chi connectivity index (χ1v) is 7.36. The molecule has 0 heterocycles. The molecule has 1 rings (SSSR count). The van der Waals surface area contributed by atoms with Crippen molar-refractivity contribution in [1.29, 1.82) is 0 Å². The Morgan fingerprint density at radius 3 is 2.35 bits per heavy atom. The van der Waals surface area contributed by atoms with Crippen LogP contribution in [0.5, 0.6) is 0 Å². The third-order valence-corrected chi connectivity index (χ3v) is 4.35. The molecule has 2 N–H and O–H groups in total. The van der Waals surface area contributed by atoms with E-state index in [2.05, 4.69) is 32.7 Å². The van der Waals surface area contributed by atoms with E-state index in [0.717, 1.165) is 6.04 Å². The summed E-state index contributed by atoms with van der Waals surface area (Å²) in [5, 5.41) is 0. The summed E-state index contributed by atoms with van der Waals surface area (Å²) >= 11 is 0. The number of rotatable bonds is 6. The first kappa shape index (κ1) is 15.0. The summed E-state index contributed by atoms with van der Waals surface area (Å²) < 4.78 is 0. The molecule has 0 aromatic rings. The minimum absolute atomic E-state index is 0.371. The van der Waals surface area contributed by atoms with Gasteiger partial charge in [0.15, 0.2) is 0 Å². The largest absolute Gasteiger partial charge is 0.328 e. The van der Waals surface area contributed by atoms with Crippen LogP contribution in [0.25, 0.3) is 0 Å². The number of nitrogens with zero attached hydrogens (tertiary/aromatic N) is 1. The fourth-order valence-corrected chi connectivity index (χ4v) is 2.83. The summed E-state index contributed by atoms with van der Waals surface area (Å²) in [6.45, 7) is 8.17. The molecule has 0 spiro atoms. The van der Waals surface area contributed by atoms with Crippen LogP contribution in [0.3, 0.4) is 0 Å². The first-order valence-electron chi connectivity index (χ1n) is 7.36. The predicted molar refractivity (Wildman–Crippen MR) is 76.2 cm³/mol. The molecule has 0 radical (unpaired) electrons. The normalized spacial score (nSPS) is 22.9. The second-order valence-electron chi connectivity index (χ2n) is 6.85. The van der Waals surface area contributed by atoms with Crippen molar-refractivity contribution < 1.29 is 0 Å². The van der Waals surface area contributed by atoms with Crippen LogP contribution in [0.4, 0.5) is 0 Å². The molecule has 1 fully saturated rings. The highest BCUT2D eigenvalue weighted by atomic mass is 15.1. The number of unbranched alkanes of at least 4 members (excludes halogenated alkanes) is 1. The maximum absolute atomic E-state index is 5.77. The lowest BCUT2D eigenvalue weighted by Crippen LogP contribution is -2.37. The van der Waals surface area contributed by atoms with Gasteiger partial charge in [0.2, 0.25) is 0 Å². The van der Waals surface area contributed by atoms with Crippen LogP contribution >= 0.6 is 0 Å². The summed E-state index contributed by atoms with van der Waals surface area (Å²) in [6, 6.07) is 1.20. The zero-order chi connectivity index (χ0) is 12.9. The van der Waals surface area contributed by atoms with Gasteiger partial charge in [-0.1, -0.05) is 20.3 Å². The lowest BCUT2D eigenvalue weighted by molar-refractivity contribution is 0.126. The van der Waals surface area contributed by atoms with Gasteiger partial charge in [0, 0.05) is 12.1 Å². The van der Waals surface area contributed by atoms with Gasteiger partial charge in [0.1, 0.15) is 0 Å². The van der Waals surface area contributed by atoms with E-state index in [1.54, 1.807) is 0 Å². The summed E-state index contributed by atoms with van der Waals surface area (Å²) in [7, 11) is 2.30. The fourth-order valence-electron chi connectivity index (χ4n) is 2.83. The van der Waals surface area contributed by atoms with Gasteiger partial charge in [-0.25, -0.2) is 0 Å². The lowest BCUT2D eigenvalue weighted by atomic mass is 9.75. The SMILES string of the molecule is CC(N)CCCCN(C)C1CCC(C)(C)CC1. The smallest absolute Gasteiger partial charge is 0.00926 e. The van der Waals surface area contributed by atoms with Crippen LogP contribution in [0.2, 0.25) is 0 Å². The third-order valence-electron chi connectivity index (χ3n) is 4.35. The van der Waals surface area contributed by atoms with Crippen molar-refractivity contribution in [3.63, 3.8) is 0 Å². The van der Waals surface area contributed by atoms with E-state index in [1.165, 1.54) is 51.5 Å². The molecule has 0 aliphatic heterocycles. The Hall–Kier alpha value is -0.0800. The van der Waals surface area contributed by atoms with E-state index in [9.17, 15) is 0 Å². The molecule has 0 aromatic heterocycles. The van der Waals surface area contributed by atoms with Crippen molar-refractivity contribution in [1.82, 2.24) is 4.90 Å². The summed E-state index contributed by atoms with van der Waals surface area (Å²) in [4.78, 5) is 2.58. The lowest BCUT2D eigenvalue weighted by Gasteiger charge is -2.38. The number of hydrogen-bond acceptors (Lipinski definition) is 2. The van der Waals surface area contributed by atoms with E-state index in [4.69, 9.17) is 5.73 Å². The summed E-state index contributed by atoms with van der Waals surface area (Å²) in [6.07, 6.45) is 9.31. The number of nitrogens with two attached hydrogens (primary N) is 1. The molecule has 1 aliphatic carbocycles. The van der Waals surface area contributed by atoms with Crippen LogP contribution in [-0.4, -0.2) is 30.6 Å². The van der Waals surface area contributed by atoms with Crippen molar-refractivity contribution in [2.24, 2.45) is 11.1 Å². The van der Waals surface area contributed by atoms with Crippen LogP contribution in [-0.2, 0) is 0 Å². The van der Waals surface area contributed by atoms with Crippen LogP contribution < -0.4 is 5.73 Å².